The van der Waals surface area contributed by atoms with Crippen LogP contribution in [0.2, 0.25) is 15.1 Å². The Morgan fingerprint density at radius 1 is 1.17 bits per heavy atom. The lowest BCUT2D eigenvalue weighted by Gasteiger charge is -2.18. The average Bonchev–Trinajstić information content (AvgIpc) is 2.61. The number of nitrogens with one attached hydrogen (secondary N) is 1. The minimum absolute atomic E-state index is 0.110. The van der Waals surface area contributed by atoms with Gasteiger partial charge in [0, 0.05) is 17.1 Å². The van der Waals surface area contributed by atoms with Gasteiger partial charge >= 0.3 is 0 Å². The molecule has 1 heterocycles. The van der Waals surface area contributed by atoms with E-state index in [2.05, 4.69) is 10.4 Å². The molecule has 0 aliphatic heterocycles. The maximum absolute atomic E-state index is 6.16. The van der Waals surface area contributed by atoms with Crippen LogP contribution in [-0.2, 0) is 7.05 Å². The van der Waals surface area contributed by atoms with Crippen LogP contribution in [0.1, 0.15) is 17.3 Å². The first-order valence-corrected chi connectivity index (χ1v) is 6.47. The molecule has 0 fully saturated rings. The third-order valence-corrected chi connectivity index (χ3v) is 3.45. The summed E-state index contributed by atoms with van der Waals surface area (Å²) in [4.78, 5) is 0. The van der Waals surface area contributed by atoms with E-state index in [1.54, 1.807) is 16.9 Å². The molecule has 0 spiro atoms. The quantitative estimate of drug-likeness (QED) is 0.937. The van der Waals surface area contributed by atoms with Gasteiger partial charge in [-0.25, -0.2) is 0 Å². The lowest BCUT2D eigenvalue weighted by Crippen LogP contribution is -2.21. The molecule has 0 aliphatic carbocycles. The Morgan fingerprint density at radius 3 is 2.22 bits per heavy atom. The van der Waals surface area contributed by atoms with Crippen molar-refractivity contribution in [3.63, 3.8) is 0 Å². The van der Waals surface area contributed by atoms with Gasteiger partial charge in [0.1, 0.15) is 0 Å². The summed E-state index contributed by atoms with van der Waals surface area (Å²) in [6.07, 6.45) is 1.62. The van der Waals surface area contributed by atoms with Gasteiger partial charge in [0.05, 0.1) is 23.0 Å². The highest BCUT2D eigenvalue weighted by Gasteiger charge is 2.20. The summed E-state index contributed by atoms with van der Waals surface area (Å²) in [5, 5.41) is 9.12. The Hall–Kier alpha value is -0.740. The van der Waals surface area contributed by atoms with E-state index in [4.69, 9.17) is 34.8 Å². The highest BCUT2D eigenvalue weighted by atomic mass is 35.5. The van der Waals surface area contributed by atoms with Crippen LogP contribution in [0, 0.1) is 0 Å². The number of rotatable bonds is 3. The van der Waals surface area contributed by atoms with E-state index in [0.717, 1.165) is 11.3 Å². The Labute approximate surface area is 121 Å². The normalized spacial score (nSPS) is 12.7. The van der Waals surface area contributed by atoms with Crippen molar-refractivity contribution in [2.45, 2.75) is 6.04 Å². The molecule has 2 aromatic rings. The summed E-state index contributed by atoms with van der Waals surface area (Å²) in [6, 6.07) is 5.31. The van der Waals surface area contributed by atoms with E-state index >= 15 is 0 Å². The summed E-state index contributed by atoms with van der Waals surface area (Å²) >= 11 is 18.2. The van der Waals surface area contributed by atoms with Crippen molar-refractivity contribution < 1.29 is 0 Å². The molecule has 2 rings (SSSR count). The van der Waals surface area contributed by atoms with Crippen LogP contribution < -0.4 is 5.32 Å². The molecule has 1 unspecified atom stereocenters. The predicted molar refractivity (Wildman–Crippen MR) is 75.6 cm³/mol. The molecule has 18 heavy (non-hydrogen) atoms. The number of nitrogens with zero attached hydrogens (tertiary/aromatic N) is 2. The number of hydrogen-bond donors (Lipinski definition) is 1. The number of aryl methyl sites for hydroxylation is 1. The average molecular weight is 305 g/mol. The van der Waals surface area contributed by atoms with Crippen LogP contribution in [0.3, 0.4) is 0 Å². The van der Waals surface area contributed by atoms with E-state index in [1.165, 1.54) is 0 Å². The van der Waals surface area contributed by atoms with Gasteiger partial charge in [-0.3, -0.25) is 4.68 Å². The monoisotopic (exact) mass is 303 g/mol. The molecular weight excluding hydrogens is 293 g/mol. The minimum Gasteiger partial charge on any atom is -0.308 e. The fourth-order valence-electron chi connectivity index (χ4n) is 1.95. The van der Waals surface area contributed by atoms with Crippen LogP contribution in [0.5, 0.6) is 0 Å². The zero-order chi connectivity index (χ0) is 13.3. The number of benzene rings is 1. The Morgan fingerprint density at radius 2 is 1.78 bits per heavy atom. The summed E-state index contributed by atoms with van der Waals surface area (Å²) in [5.74, 6) is 0. The molecule has 6 heteroatoms. The molecule has 0 bridgehead atoms. The summed E-state index contributed by atoms with van der Waals surface area (Å²) < 4.78 is 1.73. The van der Waals surface area contributed by atoms with Gasteiger partial charge in [-0.05, 0) is 30.8 Å². The first kappa shape index (κ1) is 13.7. The van der Waals surface area contributed by atoms with E-state index < -0.39 is 0 Å². The maximum atomic E-state index is 6.16. The SMILES string of the molecule is CNC(c1cc(Cl)cc(Cl)c1)c1c(Cl)cnn1C. The van der Waals surface area contributed by atoms with Crippen molar-refractivity contribution in [3.05, 3.63) is 50.7 Å². The Kier molecular flexibility index (Phi) is 4.17. The van der Waals surface area contributed by atoms with E-state index in [1.807, 2.05) is 26.2 Å². The molecule has 0 amide bonds. The third kappa shape index (κ3) is 2.64. The lowest BCUT2D eigenvalue weighted by atomic mass is 10.0. The molecule has 0 radical (unpaired) electrons. The van der Waals surface area contributed by atoms with Crippen molar-refractivity contribution in [3.8, 4) is 0 Å². The smallest absolute Gasteiger partial charge is 0.0837 e. The highest BCUT2D eigenvalue weighted by molar-refractivity contribution is 6.34. The van der Waals surface area contributed by atoms with Crippen LogP contribution in [0.4, 0.5) is 0 Å². The minimum atomic E-state index is -0.110. The first-order valence-electron chi connectivity index (χ1n) is 5.33. The van der Waals surface area contributed by atoms with Crippen molar-refractivity contribution in [1.82, 2.24) is 15.1 Å². The molecule has 1 N–H and O–H groups in total. The van der Waals surface area contributed by atoms with Crippen LogP contribution in [0.15, 0.2) is 24.4 Å². The molecule has 1 atom stereocenters. The van der Waals surface area contributed by atoms with E-state index in [0.29, 0.717) is 15.1 Å². The second-order valence-corrected chi connectivity index (χ2v) is 5.21. The molecule has 1 aromatic heterocycles. The summed E-state index contributed by atoms with van der Waals surface area (Å²) in [6.45, 7) is 0. The van der Waals surface area contributed by atoms with E-state index in [9.17, 15) is 0 Å². The molecular formula is C12H12Cl3N3. The lowest BCUT2D eigenvalue weighted by molar-refractivity contribution is 0.606. The highest BCUT2D eigenvalue weighted by Crippen LogP contribution is 2.30. The number of hydrogen-bond acceptors (Lipinski definition) is 2. The maximum Gasteiger partial charge on any atom is 0.0837 e. The molecule has 1 aromatic carbocycles. The second-order valence-electron chi connectivity index (χ2n) is 3.93. The topological polar surface area (TPSA) is 29.9 Å². The van der Waals surface area contributed by atoms with Crippen molar-refractivity contribution >= 4 is 34.8 Å². The zero-order valence-electron chi connectivity index (χ0n) is 9.92. The first-order chi connectivity index (χ1) is 8.52. The molecule has 96 valence electrons. The Bertz CT molecular complexity index is 526. The third-order valence-electron chi connectivity index (χ3n) is 2.72. The molecule has 0 saturated heterocycles. The van der Waals surface area contributed by atoms with E-state index in [-0.39, 0.29) is 6.04 Å². The van der Waals surface area contributed by atoms with Crippen LogP contribution in [0.25, 0.3) is 0 Å². The number of halogens is 3. The van der Waals surface area contributed by atoms with Crippen LogP contribution in [-0.4, -0.2) is 16.8 Å². The zero-order valence-corrected chi connectivity index (χ0v) is 12.2. The van der Waals surface area contributed by atoms with Gasteiger partial charge in [0.2, 0.25) is 0 Å². The Balaban J connectivity index is 2.52. The fourth-order valence-corrected chi connectivity index (χ4v) is 2.77. The molecule has 0 aliphatic rings. The standard InChI is InChI=1S/C12H12Cl3N3/c1-16-11(12-10(15)6-17-18(12)2)7-3-8(13)5-9(14)4-7/h3-6,11,16H,1-2H3. The molecule has 0 saturated carbocycles. The van der Waals surface area contributed by atoms with Crippen LogP contribution >= 0.6 is 34.8 Å². The second kappa shape index (κ2) is 5.49. The van der Waals surface area contributed by atoms with Gasteiger partial charge in [0.15, 0.2) is 0 Å². The van der Waals surface area contributed by atoms with Gasteiger partial charge in [-0.2, -0.15) is 5.10 Å². The van der Waals surface area contributed by atoms with Gasteiger partial charge in [-0.1, -0.05) is 34.8 Å². The largest absolute Gasteiger partial charge is 0.308 e. The van der Waals surface area contributed by atoms with Crippen molar-refractivity contribution in [2.24, 2.45) is 7.05 Å². The number of aromatic nitrogens is 2. The predicted octanol–water partition coefficient (Wildman–Crippen LogP) is 3.69. The summed E-state index contributed by atoms with van der Waals surface area (Å²) in [7, 11) is 3.69. The summed E-state index contributed by atoms with van der Waals surface area (Å²) in [5.41, 5.74) is 1.82. The fraction of sp³-hybridized carbons (Fsp3) is 0.250. The van der Waals surface area contributed by atoms with Gasteiger partial charge < -0.3 is 5.32 Å². The molecule has 3 nitrogen and oxygen atoms in total. The van der Waals surface area contributed by atoms with Gasteiger partial charge in [0.25, 0.3) is 0 Å². The van der Waals surface area contributed by atoms with Gasteiger partial charge in [-0.15, -0.1) is 0 Å². The van der Waals surface area contributed by atoms with Crippen molar-refractivity contribution in [2.75, 3.05) is 7.05 Å². The van der Waals surface area contributed by atoms with Crippen molar-refractivity contribution in [1.29, 1.82) is 0 Å².